The van der Waals surface area contributed by atoms with Crippen molar-refractivity contribution in [1.82, 2.24) is 19.8 Å². The zero-order chi connectivity index (χ0) is 15.5. The Morgan fingerprint density at radius 2 is 1.95 bits per heavy atom. The van der Waals surface area contributed by atoms with Gasteiger partial charge in [0.15, 0.2) is 0 Å². The number of nitrogens with one attached hydrogen (secondary N) is 2. The third-order valence-corrected chi connectivity index (χ3v) is 5.23. The number of H-pyrrole nitrogens is 1. The third-order valence-electron chi connectivity index (χ3n) is 3.22. The van der Waals surface area contributed by atoms with Crippen LogP contribution in [0.1, 0.15) is 17.0 Å². The van der Waals surface area contributed by atoms with E-state index in [9.17, 15) is 8.42 Å². The number of nitrogens with zero attached hydrogens (tertiary/aromatic N) is 2. The summed E-state index contributed by atoms with van der Waals surface area (Å²) in [4.78, 5) is 0.260. The van der Waals surface area contributed by atoms with Crippen LogP contribution in [-0.2, 0) is 23.1 Å². The molecule has 0 aliphatic rings. The number of benzene rings is 1. The van der Waals surface area contributed by atoms with Crippen molar-refractivity contribution in [3.05, 3.63) is 47.3 Å². The Balaban J connectivity index is 2.31. The third kappa shape index (κ3) is 3.31. The van der Waals surface area contributed by atoms with Crippen LogP contribution in [0.4, 0.5) is 0 Å². The molecule has 0 aliphatic carbocycles. The van der Waals surface area contributed by atoms with E-state index in [0.717, 1.165) is 5.56 Å². The number of sulfonamides is 1. The number of aromatic nitrogens is 2. The van der Waals surface area contributed by atoms with Crippen LogP contribution in [0, 0.1) is 6.92 Å². The van der Waals surface area contributed by atoms with Gasteiger partial charge in [0.2, 0.25) is 10.0 Å². The highest BCUT2D eigenvalue weighted by Crippen LogP contribution is 2.22. The van der Waals surface area contributed by atoms with E-state index in [-0.39, 0.29) is 4.90 Å². The Morgan fingerprint density at radius 3 is 2.57 bits per heavy atom. The molecule has 0 bridgehead atoms. The monoisotopic (exact) mass is 308 g/mol. The Labute approximate surface area is 125 Å². The second-order valence-corrected chi connectivity index (χ2v) is 6.88. The Bertz CT molecular complexity index is 695. The van der Waals surface area contributed by atoms with Crippen LogP contribution in [-0.4, -0.2) is 37.0 Å². The van der Waals surface area contributed by atoms with Crippen LogP contribution in [0.3, 0.4) is 0 Å². The predicted molar refractivity (Wildman–Crippen MR) is 81.2 cm³/mol. The van der Waals surface area contributed by atoms with E-state index in [4.69, 9.17) is 0 Å². The van der Waals surface area contributed by atoms with Crippen molar-refractivity contribution < 1.29 is 8.42 Å². The lowest BCUT2D eigenvalue weighted by Crippen LogP contribution is -2.28. The minimum atomic E-state index is -3.58. The maximum Gasteiger partial charge on any atom is 0.246 e. The maximum atomic E-state index is 12.8. The molecule has 21 heavy (non-hydrogen) atoms. The van der Waals surface area contributed by atoms with Crippen molar-refractivity contribution in [2.75, 3.05) is 14.1 Å². The molecule has 1 heterocycles. The molecule has 0 fully saturated rings. The smallest absolute Gasteiger partial charge is 0.246 e. The summed E-state index contributed by atoms with van der Waals surface area (Å²) in [7, 11) is -0.238. The minimum absolute atomic E-state index is 0.260. The van der Waals surface area contributed by atoms with Crippen molar-refractivity contribution in [2.24, 2.45) is 0 Å². The number of hydrogen-bond acceptors (Lipinski definition) is 4. The van der Waals surface area contributed by atoms with Gasteiger partial charge in [0.1, 0.15) is 4.90 Å². The van der Waals surface area contributed by atoms with Gasteiger partial charge in [-0.05, 0) is 19.5 Å². The fourth-order valence-electron chi connectivity index (χ4n) is 2.18. The van der Waals surface area contributed by atoms with Gasteiger partial charge in [0, 0.05) is 20.1 Å². The minimum Gasteiger partial charge on any atom is -0.314 e. The summed E-state index contributed by atoms with van der Waals surface area (Å²) in [6, 6.07) is 9.51. The van der Waals surface area contributed by atoms with E-state index in [1.54, 1.807) is 21.0 Å². The highest BCUT2D eigenvalue weighted by atomic mass is 32.2. The molecule has 1 aromatic carbocycles. The molecule has 0 aliphatic heterocycles. The molecule has 0 unspecified atom stereocenters. The SMILES string of the molecule is CNCc1n[nH]c(C)c1S(=O)(=O)N(C)Cc1ccccc1. The first-order chi connectivity index (χ1) is 9.96. The molecular weight excluding hydrogens is 288 g/mol. The van der Waals surface area contributed by atoms with Gasteiger partial charge >= 0.3 is 0 Å². The normalized spacial score (nSPS) is 12.0. The van der Waals surface area contributed by atoms with E-state index in [0.29, 0.717) is 24.5 Å². The zero-order valence-corrected chi connectivity index (χ0v) is 13.2. The molecule has 2 rings (SSSR count). The van der Waals surface area contributed by atoms with E-state index < -0.39 is 10.0 Å². The molecule has 0 radical (unpaired) electrons. The summed E-state index contributed by atoms with van der Waals surface area (Å²) in [6.45, 7) is 2.44. The largest absolute Gasteiger partial charge is 0.314 e. The highest BCUT2D eigenvalue weighted by molar-refractivity contribution is 7.89. The van der Waals surface area contributed by atoms with Gasteiger partial charge in [-0.2, -0.15) is 9.40 Å². The summed E-state index contributed by atoms with van der Waals surface area (Å²) < 4.78 is 26.9. The van der Waals surface area contributed by atoms with Gasteiger partial charge in [-0.1, -0.05) is 30.3 Å². The number of rotatable bonds is 6. The van der Waals surface area contributed by atoms with Gasteiger partial charge in [0.05, 0.1) is 11.4 Å². The van der Waals surface area contributed by atoms with Crippen LogP contribution in [0.25, 0.3) is 0 Å². The molecule has 0 saturated carbocycles. The van der Waals surface area contributed by atoms with Crippen molar-refractivity contribution in [1.29, 1.82) is 0 Å². The van der Waals surface area contributed by atoms with Crippen LogP contribution < -0.4 is 5.32 Å². The molecule has 0 amide bonds. The average molecular weight is 308 g/mol. The first-order valence-corrected chi connectivity index (χ1v) is 8.09. The molecule has 114 valence electrons. The maximum absolute atomic E-state index is 12.8. The molecule has 2 N–H and O–H groups in total. The lowest BCUT2D eigenvalue weighted by molar-refractivity contribution is 0.465. The van der Waals surface area contributed by atoms with Crippen LogP contribution >= 0.6 is 0 Å². The second-order valence-electron chi connectivity index (χ2n) is 4.90. The van der Waals surface area contributed by atoms with Crippen LogP contribution in [0.5, 0.6) is 0 Å². The molecule has 0 saturated heterocycles. The number of aromatic amines is 1. The van der Waals surface area contributed by atoms with Gasteiger partial charge < -0.3 is 5.32 Å². The average Bonchev–Trinajstić information content (AvgIpc) is 2.82. The first kappa shape index (κ1) is 15.7. The number of aryl methyl sites for hydroxylation is 1. The molecule has 2 aromatic rings. The lowest BCUT2D eigenvalue weighted by atomic mass is 10.2. The summed E-state index contributed by atoms with van der Waals surface area (Å²) in [5, 5.41) is 9.75. The van der Waals surface area contributed by atoms with Crippen molar-refractivity contribution >= 4 is 10.0 Å². The zero-order valence-electron chi connectivity index (χ0n) is 12.4. The molecule has 6 nitrogen and oxygen atoms in total. The summed E-state index contributed by atoms with van der Waals surface area (Å²) >= 11 is 0. The second kappa shape index (κ2) is 6.38. The Hall–Kier alpha value is -1.70. The lowest BCUT2D eigenvalue weighted by Gasteiger charge is -2.17. The van der Waals surface area contributed by atoms with Gasteiger partial charge in [0.25, 0.3) is 0 Å². The quantitative estimate of drug-likeness (QED) is 0.842. The van der Waals surface area contributed by atoms with E-state index in [1.807, 2.05) is 30.3 Å². The van der Waals surface area contributed by atoms with Gasteiger partial charge in [-0.15, -0.1) is 0 Å². The topological polar surface area (TPSA) is 78.1 Å². The van der Waals surface area contributed by atoms with E-state index >= 15 is 0 Å². The predicted octanol–water partition coefficient (Wildman–Crippen LogP) is 1.26. The van der Waals surface area contributed by atoms with E-state index in [1.165, 1.54) is 4.31 Å². The van der Waals surface area contributed by atoms with Gasteiger partial charge in [-0.3, -0.25) is 5.10 Å². The Morgan fingerprint density at radius 1 is 1.29 bits per heavy atom. The van der Waals surface area contributed by atoms with E-state index in [2.05, 4.69) is 15.5 Å². The molecule has 0 atom stereocenters. The molecule has 7 heteroatoms. The van der Waals surface area contributed by atoms with Gasteiger partial charge in [-0.25, -0.2) is 8.42 Å². The van der Waals surface area contributed by atoms with Crippen LogP contribution in [0.15, 0.2) is 35.2 Å². The Kier molecular flexibility index (Phi) is 4.76. The van der Waals surface area contributed by atoms with Crippen molar-refractivity contribution in [3.8, 4) is 0 Å². The summed E-state index contributed by atoms with van der Waals surface area (Å²) in [5.41, 5.74) is 2.01. The van der Waals surface area contributed by atoms with Crippen molar-refractivity contribution in [3.63, 3.8) is 0 Å². The highest BCUT2D eigenvalue weighted by Gasteiger charge is 2.28. The number of hydrogen-bond donors (Lipinski definition) is 2. The fourth-order valence-corrected chi connectivity index (χ4v) is 3.66. The van der Waals surface area contributed by atoms with Crippen molar-refractivity contribution in [2.45, 2.75) is 24.9 Å². The molecule has 0 spiro atoms. The first-order valence-electron chi connectivity index (χ1n) is 6.65. The summed E-state index contributed by atoms with van der Waals surface area (Å²) in [6.07, 6.45) is 0. The standard InChI is InChI=1S/C14H20N4O2S/c1-11-14(13(9-15-2)17-16-11)21(19,20)18(3)10-12-7-5-4-6-8-12/h4-8,15H,9-10H2,1-3H3,(H,16,17). The molecule has 1 aromatic heterocycles. The van der Waals surface area contributed by atoms with Crippen LogP contribution in [0.2, 0.25) is 0 Å². The summed E-state index contributed by atoms with van der Waals surface area (Å²) in [5.74, 6) is 0. The fraction of sp³-hybridized carbons (Fsp3) is 0.357. The molecular formula is C14H20N4O2S.